The molecule has 0 aliphatic heterocycles. The van der Waals surface area contributed by atoms with Gasteiger partial charge in [0.2, 0.25) is 0 Å². The molecule has 19 heavy (non-hydrogen) atoms. The molecular formula is C11H17N5O2S. The van der Waals surface area contributed by atoms with Crippen molar-refractivity contribution in [3.05, 3.63) is 18.6 Å². The molecule has 0 unspecified atom stereocenters. The van der Waals surface area contributed by atoms with Crippen molar-refractivity contribution in [2.75, 3.05) is 23.9 Å². The van der Waals surface area contributed by atoms with Gasteiger partial charge >= 0.3 is 0 Å². The van der Waals surface area contributed by atoms with Crippen LogP contribution in [0.15, 0.2) is 18.6 Å². The average Bonchev–Trinajstić information content (AvgIpc) is 2.72. The molecule has 0 aromatic carbocycles. The van der Waals surface area contributed by atoms with Gasteiger partial charge in [0.05, 0.1) is 10.9 Å². The number of hydrogen-bond donors (Lipinski definition) is 2. The Balaban J connectivity index is 2.30. The van der Waals surface area contributed by atoms with Gasteiger partial charge in [0.25, 0.3) is 0 Å². The minimum atomic E-state index is -3.17. The Morgan fingerprint density at radius 3 is 2.79 bits per heavy atom. The second-order valence-electron chi connectivity index (χ2n) is 5.06. The van der Waals surface area contributed by atoms with Crippen LogP contribution in [0.4, 0.5) is 11.6 Å². The normalized spacial score (nSPS) is 12.8. The molecule has 0 saturated carbocycles. The van der Waals surface area contributed by atoms with Gasteiger partial charge in [0.15, 0.2) is 21.3 Å². The van der Waals surface area contributed by atoms with E-state index in [1.807, 2.05) is 0 Å². The smallest absolute Gasteiger partial charge is 0.180 e. The first-order valence-electron chi connectivity index (χ1n) is 5.73. The fraction of sp³-hybridized carbons (Fsp3) is 0.455. The van der Waals surface area contributed by atoms with Crippen molar-refractivity contribution in [3.63, 3.8) is 0 Å². The molecule has 7 nitrogen and oxygen atoms in total. The molecule has 0 atom stereocenters. The van der Waals surface area contributed by atoms with Crippen LogP contribution >= 0.6 is 0 Å². The van der Waals surface area contributed by atoms with Crippen molar-refractivity contribution in [2.24, 2.45) is 0 Å². The molecule has 0 aliphatic rings. The van der Waals surface area contributed by atoms with Gasteiger partial charge < -0.3 is 15.5 Å². The third kappa shape index (κ3) is 2.62. The van der Waals surface area contributed by atoms with Crippen LogP contribution in [-0.2, 0) is 9.84 Å². The summed E-state index contributed by atoms with van der Waals surface area (Å²) in [7, 11) is -3.17. The molecule has 2 aromatic rings. The first-order chi connectivity index (χ1) is 8.71. The Kier molecular flexibility index (Phi) is 3.13. The molecule has 0 radical (unpaired) electrons. The van der Waals surface area contributed by atoms with E-state index in [-0.39, 0.29) is 6.54 Å². The third-order valence-corrected chi connectivity index (χ3v) is 5.23. The van der Waals surface area contributed by atoms with Gasteiger partial charge in [-0.2, -0.15) is 0 Å². The number of rotatable bonds is 4. The van der Waals surface area contributed by atoms with E-state index in [0.29, 0.717) is 17.3 Å². The zero-order chi connectivity index (χ0) is 14.3. The lowest BCUT2D eigenvalue weighted by Gasteiger charge is -2.23. The fourth-order valence-corrected chi connectivity index (χ4v) is 1.83. The van der Waals surface area contributed by atoms with E-state index in [9.17, 15) is 8.42 Å². The Hall–Kier alpha value is -1.83. The standard InChI is InChI=1S/C11H17N5O2S/c1-11(2,19(3,17)18)7-14-9-10-13-4-5-16(10)6-8(12)15-9/h4-6H,7,12H2,1-3H3,(H,14,15). The van der Waals surface area contributed by atoms with Gasteiger partial charge in [0, 0.05) is 25.2 Å². The largest absolute Gasteiger partial charge is 0.382 e. The molecule has 0 bridgehead atoms. The van der Waals surface area contributed by atoms with Crippen molar-refractivity contribution in [2.45, 2.75) is 18.6 Å². The zero-order valence-corrected chi connectivity index (χ0v) is 11.9. The lowest BCUT2D eigenvalue weighted by atomic mass is 10.2. The predicted octanol–water partition coefficient (Wildman–Crippen LogP) is 0.547. The second-order valence-corrected chi connectivity index (χ2v) is 7.71. The lowest BCUT2D eigenvalue weighted by Crippen LogP contribution is -2.38. The Morgan fingerprint density at radius 2 is 2.16 bits per heavy atom. The van der Waals surface area contributed by atoms with Crippen molar-refractivity contribution >= 4 is 27.1 Å². The molecule has 3 N–H and O–H groups in total. The van der Waals surface area contributed by atoms with Crippen molar-refractivity contribution < 1.29 is 8.42 Å². The predicted molar refractivity (Wildman–Crippen MR) is 74.8 cm³/mol. The maximum atomic E-state index is 11.6. The van der Waals surface area contributed by atoms with Gasteiger partial charge in [0.1, 0.15) is 5.82 Å². The second kappa shape index (κ2) is 4.37. The molecule has 0 saturated heterocycles. The van der Waals surface area contributed by atoms with E-state index in [1.165, 1.54) is 6.26 Å². The maximum Gasteiger partial charge on any atom is 0.180 e. The minimum absolute atomic E-state index is 0.227. The van der Waals surface area contributed by atoms with Crippen LogP contribution in [0.3, 0.4) is 0 Å². The van der Waals surface area contributed by atoms with E-state index in [1.54, 1.807) is 36.8 Å². The third-order valence-electron chi connectivity index (χ3n) is 3.08. The van der Waals surface area contributed by atoms with Crippen LogP contribution in [0, 0.1) is 0 Å². The number of nitrogens with zero attached hydrogens (tertiary/aromatic N) is 3. The molecule has 0 spiro atoms. The number of fused-ring (bicyclic) bond motifs is 1. The number of sulfone groups is 1. The number of nitrogen functional groups attached to an aromatic ring is 1. The molecule has 2 aromatic heterocycles. The van der Waals surface area contributed by atoms with Gasteiger partial charge in [-0.25, -0.2) is 18.4 Å². The molecule has 2 rings (SSSR count). The van der Waals surface area contributed by atoms with E-state index in [4.69, 9.17) is 5.73 Å². The highest BCUT2D eigenvalue weighted by Crippen LogP contribution is 2.19. The van der Waals surface area contributed by atoms with E-state index < -0.39 is 14.6 Å². The van der Waals surface area contributed by atoms with Crippen LogP contribution in [-0.4, -0.2) is 40.3 Å². The highest BCUT2D eigenvalue weighted by molar-refractivity contribution is 7.92. The monoisotopic (exact) mass is 283 g/mol. The van der Waals surface area contributed by atoms with E-state index >= 15 is 0 Å². The van der Waals surface area contributed by atoms with Crippen molar-refractivity contribution in [3.8, 4) is 0 Å². The molecule has 0 aliphatic carbocycles. The summed E-state index contributed by atoms with van der Waals surface area (Å²) in [6, 6.07) is 0. The Morgan fingerprint density at radius 1 is 1.47 bits per heavy atom. The highest BCUT2D eigenvalue weighted by Gasteiger charge is 2.30. The zero-order valence-electron chi connectivity index (χ0n) is 11.1. The Bertz CT molecular complexity index is 705. The fourth-order valence-electron chi connectivity index (χ4n) is 1.50. The SMILES string of the molecule is CC(C)(CNc1nc(N)cn2ccnc12)S(C)(=O)=O. The summed E-state index contributed by atoms with van der Waals surface area (Å²) in [6.45, 7) is 3.54. The average molecular weight is 283 g/mol. The number of aromatic nitrogens is 3. The molecule has 104 valence electrons. The number of hydrogen-bond acceptors (Lipinski definition) is 6. The van der Waals surface area contributed by atoms with Gasteiger partial charge in [-0.05, 0) is 13.8 Å². The molecule has 0 amide bonds. The van der Waals surface area contributed by atoms with Crippen LogP contribution in [0.1, 0.15) is 13.8 Å². The topological polar surface area (TPSA) is 102 Å². The maximum absolute atomic E-state index is 11.6. The minimum Gasteiger partial charge on any atom is -0.382 e. The summed E-state index contributed by atoms with van der Waals surface area (Å²) in [5.74, 6) is 0.812. The first-order valence-corrected chi connectivity index (χ1v) is 7.62. The molecule has 0 fully saturated rings. The summed E-state index contributed by atoms with van der Waals surface area (Å²) in [4.78, 5) is 8.30. The number of nitrogens with one attached hydrogen (secondary N) is 1. The summed E-state index contributed by atoms with van der Waals surface area (Å²) in [6.07, 6.45) is 6.24. The first kappa shape index (κ1) is 13.6. The molecule has 8 heteroatoms. The van der Waals surface area contributed by atoms with Crippen LogP contribution in [0.2, 0.25) is 0 Å². The molecule has 2 heterocycles. The number of anilines is 2. The Labute approximate surface area is 111 Å². The quantitative estimate of drug-likeness (QED) is 0.849. The highest BCUT2D eigenvalue weighted by atomic mass is 32.2. The van der Waals surface area contributed by atoms with Gasteiger partial charge in [-0.1, -0.05) is 0 Å². The summed E-state index contributed by atoms with van der Waals surface area (Å²) < 4.78 is 24.1. The lowest BCUT2D eigenvalue weighted by molar-refractivity contribution is 0.559. The molecular weight excluding hydrogens is 266 g/mol. The number of nitrogens with two attached hydrogens (primary N) is 1. The van der Waals surface area contributed by atoms with Crippen LogP contribution in [0.25, 0.3) is 5.65 Å². The van der Waals surface area contributed by atoms with Gasteiger partial charge in [-0.15, -0.1) is 0 Å². The van der Waals surface area contributed by atoms with Crippen molar-refractivity contribution in [1.29, 1.82) is 0 Å². The van der Waals surface area contributed by atoms with Crippen LogP contribution in [0.5, 0.6) is 0 Å². The van der Waals surface area contributed by atoms with Crippen molar-refractivity contribution in [1.82, 2.24) is 14.4 Å². The summed E-state index contributed by atoms with van der Waals surface area (Å²) in [5.41, 5.74) is 6.30. The van der Waals surface area contributed by atoms with Gasteiger partial charge in [-0.3, -0.25) is 0 Å². The summed E-state index contributed by atoms with van der Waals surface area (Å²) in [5, 5.41) is 3.01. The van der Waals surface area contributed by atoms with Crippen LogP contribution < -0.4 is 11.1 Å². The summed E-state index contributed by atoms with van der Waals surface area (Å²) >= 11 is 0. The number of imidazole rings is 1. The van der Waals surface area contributed by atoms with E-state index in [0.717, 1.165) is 0 Å². The van der Waals surface area contributed by atoms with E-state index in [2.05, 4.69) is 15.3 Å².